The SMILES string of the molecule is CN1C[C@@H](c2ccccc2)CC2(CCN(C(=O)CNC(=O)N(C)C)CC2)C1. The van der Waals surface area contributed by atoms with Crippen molar-refractivity contribution in [2.75, 3.05) is 53.9 Å². The number of rotatable bonds is 3. The van der Waals surface area contributed by atoms with Crippen LogP contribution < -0.4 is 5.32 Å². The van der Waals surface area contributed by atoms with Gasteiger partial charge in [0.2, 0.25) is 5.91 Å². The number of nitrogens with zero attached hydrogens (tertiary/aromatic N) is 3. The van der Waals surface area contributed by atoms with Crippen LogP contribution in [-0.2, 0) is 4.79 Å². The molecule has 1 aromatic rings. The van der Waals surface area contributed by atoms with E-state index in [0.717, 1.165) is 39.0 Å². The van der Waals surface area contributed by atoms with Crippen LogP contribution in [0, 0.1) is 5.41 Å². The van der Waals surface area contributed by atoms with Crippen LogP contribution in [0.15, 0.2) is 30.3 Å². The molecule has 1 N–H and O–H groups in total. The van der Waals surface area contributed by atoms with E-state index in [-0.39, 0.29) is 23.9 Å². The van der Waals surface area contributed by atoms with Gasteiger partial charge in [0.25, 0.3) is 0 Å². The van der Waals surface area contributed by atoms with Gasteiger partial charge in [0.05, 0.1) is 6.54 Å². The lowest BCUT2D eigenvalue weighted by molar-refractivity contribution is -0.133. The van der Waals surface area contributed by atoms with Gasteiger partial charge >= 0.3 is 6.03 Å². The van der Waals surface area contributed by atoms with Gasteiger partial charge in [0.1, 0.15) is 0 Å². The Hall–Kier alpha value is -2.08. The van der Waals surface area contributed by atoms with E-state index in [1.165, 1.54) is 16.9 Å². The molecule has 2 heterocycles. The predicted molar refractivity (Wildman–Crippen MR) is 107 cm³/mol. The maximum Gasteiger partial charge on any atom is 0.317 e. The van der Waals surface area contributed by atoms with Gasteiger partial charge in [0.15, 0.2) is 0 Å². The molecule has 27 heavy (non-hydrogen) atoms. The fraction of sp³-hybridized carbons (Fsp3) is 0.619. The summed E-state index contributed by atoms with van der Waals surface area (Å²) in [4.78, 5) is 29.9. The molecule has 0 unspecified atom stereocenters. The lowest BCUT2D eigenvalue weighted by Gasteiger charge is -2.49. The Morgan fingerprint density at radius 2 is 1.85 bits per heavy atom. The van der Waals surface area contributed by atoms with Gasteiger partial charge in [-0.1, -0.05) is 30.3 Å². The molecule has 0 bridgehead atoms. The summed E-state index contributed by atoms with van der Waals surface area (Å²) in [5.74, 6) is 0.579. The zero-order valence-electron chi connectivity index (χ0n) is 16.8. The number of likely N-dealkylation sites (tertiary alicyclic amines) is 2. The normalized spacial score (nSPS) is 22.5. The predicted octanol–water partition coefficient (Wildman–Crippen LogP) is 1.99. The highest BCUT2D eigenvalue weighted by atomic mass is 16.2. The average Bonchev–Trinajstić information content (AvgIpc) is 2.66. The van der Waals surface area contributed by atoms with Crippen LogP contribution in [0.2, 0.25) is 0 Å². The second-order valence-electron chi connectivity index (χ2n) is 8.44. The van der Waals surface area contributed by atoms with E-state index < -0.39 is 0 Å². The van der Waals surface area contributed by atoms with Crippen LogP contribution in [0.1, 0.15) is 30.7 Å². The minimum absolute atomic E-state index is 0.0174. The van der Waals surface area contributed by atoms with Crippen LogP contribution in [0.4, 0.5) is 4.79 Å². The summed E-state index contributed by atoms with van der Waals surface area (Å²) < 4.78 is 0. The zero-order valence-corrected chi connectivity index (χ0v) is 16.8. The molecule has 148 valence electrons. The van der Waals surface area contributed by atoms with Crippen LogP contribution in [0.5, 0.6) is 0 Å². The molecule has 6 heteroatoms. The Bertz CT molecular complexity index is 653. The Labute approximate surface area is 162 Å². The molecule has 1 aromatic carbocycles. The van der Waals surface area contributed by atoms with Crippen molar-refractivity contribution in [1.82, 2.24) is 20.0 Å². The number of carbonyl (C=O) groups excluding carboxylic acids is 2. The average molecular weight is 373 g/mol. The van der Waals surface area contributed by atoms with E-state index >= 15 is 0 Å². The number of benzene rings is 1. The Morgan fingerprint density at radius 1 is 1.19 bits per heavy atom. The van der Waals surface area contributed by atoms with E-state index in [0.29, 0.717) is 5.92 Å². The van der Waals surface area contributed by atoms with Crippen molar-refractivity contribution in [1.29, 1.82) is 0 Å². The summed E-state index contributed by atoms with van der Waals surface area (Å²) in [6, 6.07) is 10.6. The molecule has 2 saturated heterocycles. The standard InChI is InChI=1S/C21H32N4O2/c1-23(2)20(27)22-14-19(26)25-11-9-21(10-12-25)13-18(15-24(3)16-21)17-7-5-4-6-8-17/h4-8,18H,9-16H2,1-3H3,(H,22,27)/t18-/m0/s1. The zero-order chi connectivity index (χ0) is 19.4. The van der Waals surface area contributed by atoms with E-state index in [1.54, 1.807) is 14.1 Å². The molecule has 1 atom stereocenters. The minimum atomic E-state index is -0.226. The lowest BCUT2D eigenvalue weighted by Crippen LogP contribution is -2.53. The molecular formula is C21H32N4O2. The first-order valence-electron chi connectivity index (χ1n) is 9.85. The third-order valence-electron chi connectivity index (χ3n) is 6.06. The third kappa shape index (κ3) is 4.80. The van der Waals surface area contributed by atoms with Gasteiger partial charge in [0, 0.05) is 40.3 Å². The number of hydrogen-bond acceptors (Lipinski definition) is 3. The third-order valence-corrected chi connectivity index (χ3v) is 6.06. The second-order valence-corrected chi connectivity index (χ2v) is 8.44. The monoisotopic (exact) mass is 372 g/mol. The van der Waals surface area contributed by atoms with Crippen LogP contribution in [0.3, 0.4) is 0 Å². The summed E-state index contributed by atoms with van der Waals surface area (Å²) in [6.45, 7) is 3.86. The van der Waals surface area contributed by atoms with Crippen molar-refractivity contribution in [3.63, 3.8) is 0 Å². The first kappa shape index (κ1) is 19.7. The van der Waals surface area contributed by atoms with Crippen molar-refractivity contribution >= 4 is 11.9 Å². The highest BCUT2D eigenvalue weighted by Gasteiger charge is 2.42. The van der Waals surface area contributed by atoms with Crippen molar-refractivity contribution in [3.8, 4) is 0 Å². The number of hydrogen-bond donors (Lipinski definition) is 1. The summed E-state index contributed by atoms with van der Waals surface area (Å²) in [5, 5.41) is 2.67. The molecule has 2 aliphatic rings. The molecule has 2 aliphatic heterocycles. The number of nitrogens with one attached hydrogen (secondary N) is 1. The smallest absolute Gasteiger partial charge is 0.317 e. The van der Waals surface area contributed by atoms with E-state index in [2.05, 4.69) is 47.6 Å². The summed E-state index contributed by atoms with van der Waals surface area (Å²) in [5.41, 5.74) is 1.71. The first-order chi connectivity index (χ1) is 12.9. The Morgan fingerprint density at radius 3 is 2.48 bits per heavy atom. The molecule has 1 spiro atoms. The fourth-order valence-corrected chi connectivity index (χ4v) is 4.63. The number of carbonyl (C=O) groups is 2. The summed E-state index contributed by atoms with van der Waals surface area (Å²) >= 11 is 0. The van der Waals surface area contributed by atoms with Crippen molar-refractivity contribution in [2.45, 2.75) is 25.2 Å². The van der Waals surface area contributed by atoms with Gasteiger partial charge < -0.3 is 20.0 Å². The molecule has 3 amide bonds. The van der Waals surface area contributed by atoms with Crippen LogP contribution in [-0.4, -0.2) is 80.5 Å². The van der Waals surface area contributed by atoms with Gasteiger partial charge in [-0.15, -0.1) is 0 Å². The molecule has 0 radical (unpaired) electrons. The Kier molecular flexibility index (Phi) is 6.05. The van der Waals surface area contributed by atoms with Crippen molar-refractivity contribution in [3.05, 3.63) is 35.9 Å². The molecule has 0 aromatic heterocycles. The van der Waals surface area contributed by atoms with E-state index in [9.17, 15) is 9.59 Å². The van der Waals surface area contributed by atoms with E-state index in [4.69, 9.17) is 0 Å². The molecule has 0 aliphatic carbocycles. The van der Waals surface area contributed by atoms with Gasteiger partial charge in [-0.3, -0.25) is 4.79 Å². The second kappa shape index (κ2) is 8.30. The molecule has 2 fully saturated rings. The highest BCUT2D eigenvalue weighted by Crippen LogP contribution is 2.44. The van der Waals surface area contributed by atoms with Crippen LogP contribution in [0.25, 0.3) is 0 Å². The number of urea groups is 1. The molecular weight excluding hydrogens is 340 g/mol. The van der Waals surface area contributed by atoms with Crippen LogP contribution >= 0.6 is 0 Å². The van der Waals surface area contributed by atoms with Gasteiger partial charge in [-0.05, 0) is 43.2 Å². The largest absolute Gasteiger partial charge is 0.341 e. The topological polar surface area (TPSA) is 55.9 Å². The number of piperidine rings is 2. The van der Waals surface area contributed by atoms with Crippen molar-refractivity contribution < 1.29 is 9.59 Å². The summed E-state index contributed by atoms with van der Waals surface area (Å²) in [6.07, 6.45) is 3.27. The maximum atomic E-state index is 12.4. The number of amides is 3. The Balaban J connectivity index is 1.57. The molecule has 0 saturated carbocycles. The highest BCUT2D eigenvalue weighted by molar-refractivity contribution is 5.83. The minimum Gasteiger partial charge on any atom is -0.341 e. The quantitative estimate of drug-likeness (QED) is 0.883. The van der Waals surface area contributed by atoms with Gasteiger partial charge in [-0.25, -0.2) is 4.79 Å². The lowest BCUT2D eigenvalue weighted by atomic mass is 9.68. The first-order valence-corrected chi connectivity index (χ1v) is 9.85. The molecule has 6 nitrogen and oxygen atoms in total. The number of likely N-dealkylation sites (N-methyl/N-ethyl adjacent to an activating group) is 1. The fourth-order valence-electron chi connectivity index (χ4n) is 4.63. The van der Waals surface area contributed by atoms with Gasteiger partial charge in [-0.2, -0.15) is 0 Å². The summed E-state index contributed by atoms with van der Waals surface area (Å²) in [7, 11) is 5.56. The maximum absolute atomic E-state index is 12.4. The van der Waals surface area contributed by atoms with E-state index in [1.807, 2.05) is 4.90 Å². The van der Waals surface area contributed by atoms with Crippen molar-refractivity contribution in [2.24, 2.45) is 5.41 Å². The molecule has 3 rings (SSSR count).